The van der Waals surface area contributed by atoms with Crippen LogP contribution in [0.4, 0.5) is 14.9 Å². The number of carbonyl (C=O) groups is 1. The Balaban J connectivity index is 1.87. The number of hydrogen-bond acceptors (Lipinski definition) is 3. The Labute approximate surface area is 121 Å². The average Bonchev–Trinajstić information content (AvgIpc) is 2.95. The zero-order valence-electron chi connectivity index (χ0n) is 11.7. The smallest absolute Gasteiger partial charge is 0.319 e. The summed E-state index contributed by atoms with van der Waals surface area (Å²) in [5.41, 5.74) is 0.429. The molecule has 0 fully saturated rings. The number of aromatic nitrogens is 2. The number of ether oxygens (including phenoxy) is 1. The predicted octanol–water partition coefficient (Wildman–Crippen LogP) is 2.24. The van der Waals surface area contributed by atoms with Gasteiger partial charge in [-0.1, -0.05) is 0 Å². The fraction of sp³-hybridized carbons (Fsp3) is 0.286. The first kappa shape index (κ1) is 14.8. The molecule has 2 rings (SSSR count). The maximum absolute atomic E-state index is 13.2. The van der Waals surface area contributed by atoms with Crippen LogP contribution in [0.2, 0.25) is 0 Å². The third-order valence-electron chi connectivity index (χ3n) is 2.71. The summed E-state index contributed by atoms with van der Waals surface area (Å²) < 4.78 is 20.3. The summed E-state index contributed by atoms with van der Waals surface area (Å²) in [6, 6.07) is 3.60. The first-order valence-electron chi connectivity index (χ1n) is 6.62. The summed E-state index contributed by atoms with van der Waals surface area (Å²) in [5, 5.41) is 5.34. The molecule has 1 heterocycles. The molecule has 1 aromatic heterocycles. The second-order valence-corrected chi connectivity index (χ2v) is 4.25. The molecule has 2 amide bonds. The molecule has 0 saturated heterocycles. The summed E-state index contributed by atoms with van der Waals surface area (Å²) in [7, 11) is 0. The summed E-state index contributed by atoms with van der Waals surface area (Å²) >= 11 is 0. The highest BCUT2D eigenvalue weighted by atomic mass is 19.1. The molecule has 112 valence electrons. The van der Waals surface area contributed by atoms with E-state index in [1.807, 2.05) is 10.8 Å². The highest BCUT2D eigenvalue weighted by Gasteiger charge is 2.08. The Morgan fingerprint density at radius 3 is 3.05 bits per heavy atom. The van der Waals surface area contributed by atoms with Crippen LogP contribution >= 0.6 is 0 Å². The number of carbonyl (C=O) groups excluding carboxylic acids is 1. The van der Waals surface area contributed by atoms with Gasteiger partial charge in [0.1, 0.15) is 11.6 Å². The minimum Gasteiger partial charge on any atom is -0.492 e. The molecule has 0 unspecified atom stereocenters. The summed E-state index contributed by atoms with van der Waals surface area (Å²) in [4.78, 5) is 15.7. The number of imidazole rings is 1. The zero-order chi connectivity index (χ0) is 15.1. The van der Waals surface area contributed by atoms with Crippen LogP contribution in [-0.2, 0) is 6.54 Å². The lowest BCUT2D eigenvalue weighted by Gasteiger charge is -2.12. The molecule has 0 saturated carbocycles. The molecule has 0 aliphatic rings. The van der Waals surface area contributed by atoms with Crippen LogP contribution in [0, 0.1) is 5.82 Å². The number of urea groups is 1. The third kappa shape index (κ3) is 4.48. The molecule has 0 radical (unpaired) electrons. The van der Waals surface area contributed by atoms with Crippen molar-refractivity contribution in [2.75, 3.05) is 18.5 Å². The standard InChI is InChI=1S/C14H17FN4O2/c1-2-21-13-9-11(15)3-4-12(13)18-14(20)17-6-8-19-7-5-16-10-19/h3-5,7,9-10H,2,6,8H2,1H3,(H2,17,18,20). The van der Waals surface area contributed by atoms with E-state index in [1.54, 1.807) is 19.4 Å². The SMILES string of the molecule is CCOc1cc(F)ccc1NC(=O)NCCn1ccnc1. The number of anilines is 1. The van der Waals surface area contributed by atoms with E-state index in [0.717, 1.165) is 0 Å². The summed E-state index contributed by atoms with van der Waals surface area (Å²) in [6.45, 7) is 3.25. The highest BCUT2D eigenvalue weighted by molar-refractivity contribution is 5.90. The number of rotatable bonds is 6. The van der Waals surface area contributed by atoms with Crippen molar-refractivity contribution in [3.05, 3.63) is 42.7 Å². The maximum atomic E-state index is 13.2. The molecule has 0 aliphatic heterocycles. The minimum absolute atomic E-state index is 0.308. The molecule has 0 spiro atoms. The second-order valence-electron chi connectivity index (χ2n) is 4.25. The van der Waals surface area contributed by atoms with Gasteiger partial charge in [0.15, 0.2) is 0 Å². The molecule has 0 aliphatic carbocycles. The maximum Gasteiger partial charge on any atom is 0.319 e. The number of nitrogens with one attached hydrogen (secondary N) is 2. The van der Waals surface area contributed by atoms with Crippen LogP contribution in [0.1, 0.15) is 6.92 Å². The molecule has 1 aromatic carbocycles. The van der Waals surface area contributed by atoms with Crippen molar-refractivity contribution in [3.63, 3.8) is 0 Å². The molecular weight excluding hydrogens is 275 g/mol. The molecule has 6 nitrogen and oxygen atoms in total. The Bertz CT molecular complexity index is 587. The lowest BCUT2D eigenvalue weighted by Crippen LogP contribution is -2.31. The van der Waals surface area contributed by atoms with Gasteiger partial charge in [0.05, 0.1) is 18.6 Å². The highest BCUT2D eigenvalue weighted by Crippen LogP contribution is 2.25. The first-order valence-corrected chi connectivity index (χ1v) is 6.62. The molecule has 0 bridgehead atoms. The van der Waals surface area contributed by atoms with Crippen LogP contribution < -0.4 is 15.4 Å². The monoisotopic (exact) mass is 292 g/mol. The summed E-state index contributed by atoms with van der Waals surface area (Å²) in [5.74, 6) is -0.105. The van der Waals surface area contributed by atoms with Gasteiger partial charge >= 0.3 is 6.03 Å². The average molecular weight is 292 g/mol. The Morgan fingerprint density at radius 2 is 2.33 bits per heavy atom. The van der Waals surface area contributed by atoms with Crippen LogP contribution in [-0.4, -0.2) is 28.7 Å². The van der Waals surface area contributed by atoms with Gasteiger partial charge in [-0.05, 0) is 19.1 Å². The van der Waals surface area contributed by atoms with Gasteiger partial charge < -0.3 is 19.9 Å². The van der Waals surface area contributed by atoms with Crippen LogP contribution in [0.3, 0.4) is 0 Å². The van der Waals surface area contributed by atoms with Gasteiger partial charge in [0.2, 0.25) is 0 Å². The van der Waals surface area contributed by atoms with E-state index in [-0.39, 0.29) is 6.03 Å². The Hall–Kier alpha value is -2.57. The second kappa shape index (κ2) is 7.28. The molecule has 21 heavy (non-hydrogen) atoms. The van der Waals surface area contributed by atoms with Gasteiger partial charge in [-0.25, -0.2) is 14.2 Å². The largest absolute Gasteiger partial charge is 0.492 e. The molecule has 0 atom stereocenters. The normalized spacial score (nSPS) is 10.2. The Morgan fingerprint density at radius 1 is 1.48 bits per heavy atom. The lowest BCUT2D eigenvalue weighted by molar-refractivity contribution is 0.251. The van der Waals surface area contributed by atoms with Gasteiger partial charge in [-0.3, -0.25) is 0 Å². The van der Waals surface area contributed by atoms with Crippen LogP contribution in [0.15, 0.2) is 36.9 Å². The van der Waals surface area contributed by atoms with Crippen LogP contribution in [0.5, 0.6) is 5.75 Å². The van der Waals surface area contributed by atoms with Crippen molar-refractivity contribution < 1.29 is 13.9 Å². The van der Waals surface area contributed by atoms with Crippen molar-refractivity contribution >= 4 is 11.7 Å². The molecule has 2 aromatic rings. The van der Waals surface area contributed by atoms with E-state index in [2.05, 4.69) is 15.6 Å². The zero-order valence-corrected chi connectivity index (χ0v) is 11.7. The first-order chi connectivity index (χ1) is 10.2. The van der Waals surface area contributed by atoms with E-state index in [9.17, 15) is 9.18 Å². The van der Waals surface area contributed by atoms with Gasteiger partial charge in [-0.15, -0.1) is 0 Å². The van der Waals surface area contributed by atoms with Crippen LogP contribution in [0.25, 0.3) is 0 Å². The van der Waals surface area contributed by atoms with Crippen molar-refractivity contribution in [1.82, 2.24) is 14.9 Å². The van der Waals surface area contributed by atoms with Crippen molar-refractivity contribution in [2.24, 2.45) is 0 Å². The van der Waals surface area contributed by atoms with E-state index < -0.39 is 5.82 Å². The predicted molar refractivity (Wildman–Crippen MR) is 76.8 cm³/mol. The quantitative estimate of drug-likeness (QED) is 0.858. The third-order valence-corrected chi connectivity index (χ3v) is 2.71. The number of amides is 2. The van der Waals surface area contributed by atoms with Crippen molar-refractivity contribution in [2.45, 2.75) is 13.5 Å². The van der Waals surface area contributed by atoms with Gasteiger partial charge in [0, 0.05) is 31.5 Å². The Kier molecular flexibility index (Phi) is 5.14. The number of nitrogens with zero attached hydrogens (tertiary/aromatic N) is 2. The molecule has 2 N–H and O–H groups in total. The number of hydrogen-bond donors (Lipinski definition) is 2. The molecular formula is C14H17FN4O2. The number of halogens is 1. The topological polar surface area (TPSA) is 68.2 Å². The number of benzene rings is 1. The van der Waals surface area contributed by atoms with Crippen molar-refractivity contribution in [3.8, 4) is 5.75 Å². The van der Waals surface area contributed by atoms with E-state index in [4.69, 9.17) is 4.74 Å². The fourth-order valence-corrected chi connectivity index (χ4v) is 1.76. The molecule has 7 heteroatoms. The van der Waals surface area contributed by atoms with Crippen molar-refractivity contribution in [1.29, 1.82) is 0 Å². The lowest BCUT2D eigenvalue weighted by atomic mass is 10.3. The van der Waals surface area contributed by atoms with E-state index in [1.165, 1.54) is 18.2 Å². The van der Waals surface area contributed by atoms with E-state index in [0.29, 0.717) is 31.1 Å². The fourth-order valence-electron chi connectivity index (χ4n) is 1.76. The van der Waals surface area contributed by atoms with Gasteiger partial charge in [0.25, 0.3) is 0 Å². The minimum atomic E-state index is -0.412. The summed E-state index contributed by atoms with van der Waals surface area (Å²) in [6.07, 6.45) is 5.16. The van der Waals surface area contributed by atoms with E-state index >= 15 is 0 Å². The van der Waals surface area contributed by atoms with Gasteiger partial charge in [-0.2, -0.15) is 0 Å².